The molecule has 0 N–H and O–H groups in total. The molecule has 0 fully saturated rings. The van der Waals surface area contributed by atoms with Crippen molar-refractivity contribution >= 4 is 28.8 Å². The van der Waals surface area contributed by atoms with Gasteiger partial charge >= 0.3 is 6.18 Å². The molecule has 0 aromatic heterocycles. The van der Waals surface area contributed by atoms with Crippen LogP contribution < -0.4 is 10.9 Å². The number of carbonyl (C=O) groups is 1. The SMILES string of the molecule is CC(=O)C1=C(C)N(Cc2ccccc2)[B-](c2ccccc2)(c2ccccc2)N=C1C(F)(F)F. The summed E-state index contributed by atoms with van der Waals surface area (Å²) >= 11 is 0. The van der Waals surface area contributed by atoms with Crippen LogP contribution in [0.5, 0.6) is 0 Å². The summed E-state index contributed by atoms with van der Waals surface area (Å²) in [4.78, 5) is 18.8. The van der Waals surface area contributed by atoms with Gasteiger partial charge in [0.05, 0.1) is 5.57 Å². The van der Waals surface area contributed by atoms with E-state index in [-0.39, 0.29) is 11.3 Å². The Morgan fingerprint density at radius 1 is 0.848 bits per heavy atom. The summed E-state index contributed by atoms with van der Waals surface area (Å²) in [5, 5.41) is 0. The number of carbonyl (C=O) groups excluding carboxylic acids is 1. The van der Waals surface area contributed by atoms with Gasteiger partial charge in [0.15, 0.2) is 5.78 Å². The second-order valence-electron chi connectivity index (χ2n) is 8.20. The van der Waals surface area contributed by atoms with Gasteiger partial charge < -0.3 is 9.71 Å². The summed E-state index contributed by atoms with van der Waals surface area (Å²) in [6.07, 6.45) is -7.22. The Bertz CT molecular complexity index is 1170. The highest BCUT2D eigenvalue weighted by Gasteiger charge is 2.47. The Balaban J connectivity index is 2.09. The van der Waals surface area contributed by atoms with E-state index in [1.54, 1.807) is 55.5 Å². The highest BCUT2D eigenvalue weighted by atomic mass is 19.4. The molecule has 1 aliphatic rings. The first kappa shape index (κ1) is 22.6. The zero-order chi connectivity index (χ0) is 23.6. The number of Topliss-reactive ketones (excluding diaryl/α,β-unsaturated/α-hetero) is 1. The second kappa shape index (κ2) is 8.73. The fourth-order valence-electron chi connectivity index (χ4n) is 4.73. The minimum atomic E-state index is -4.78. The lowest BCUT2D eigenvalue weighted by molar-refractivity contribution is -0.114. The van der Waals surface area contributed by atoms with Gasteiger partial charge in [-0.3, -0.25) is 4.79 Å². The van der Waals surface area contributed by atoms with E-state index in [1.807, 2.05) is 47.3 Å². The summed E-state index contributed by atoms with van der Waals surface area (Å²) in [5.74, 6) is -0.660. The molecule has 0 spiro atoms. The number of hydrogen-bond donors (Lipinski definition) is 0. The number of allylic oxidation sites excluding steroid dienone is 2. The standard InChI is InChI=1S/C26H23BF3N2O/c1-19-24(20(2)33)25(26(28,29)30)31-27(22-14-8-4-9-15-22,23-16-10-5-11-17-23)32(19)18-21-12-6-3-7-13-21/h3-17H,18H2,1-2H3/q-1. The average molecular weight is 447 g/mol. The van der Waals surface area contributed by atoms with Crippen molar-refractivity contribution < 1.29 is 18.0 Å². The Hall–Kier alpha value is -3.61. The molecule has 0 amide bonds. The van der Waals surface area contributed by atoms with Crippen LogP contribution in [0.3, 0.4) is 0 Å². The van der Waals surface area contributed by atoms with E-state index < -0.39 is 24.1 Å². The van der Waals surface area contributed by atoms with Gasteiger partial charge in [-0.1, -0.05) is 91.0 Å². The molecular weight excluding hydrogens is 424 g/mol. The van der Waals surface area contributed by atoms with Crippen LogP contribution in [0.15, 0.2) is 107 Å². The third-order valence-corrected chi connectivity index (χ3v) is 6.14. The van der Waals surface area contributed by atoms with Gasteiger partial charge in [0, 0.05) is 6.54 Å². The number of rotatable bonds is 5. The molecule has 0 saturated carbocycles. The highest BCUT2D eigenvalue weighted by molar-refractivity contribution is 7.00. The average Bonchev–Trinajstić information content (AvgIpc) is 2.81. The minimum absolute atomic E-state index is 0.265. The van der Waals surface area contributed by atoms with Crippen LogP contribution in [0.1, 0.15) is 19.4 Å². The van der Waals surface area contributed by atoms with E-state index in [0.29, 0.717) is 17.5 Å². The predicted octanol–water partition coefficient (Wildman–Crippen LogP) is 4.63. The molecule has 1 heterocycles. The zero-order valence-corrected chi connectivity index (χ0v) is 18.4. The van der Waals surface area contributed by atoms with Crippen molar-refractivity contribution in [3.8, 4) is 0 Å². The monoisotopic (exact) mass is 447 g/mol. The maximum atomic E-state index is 14.3. The second-order valence-corrected chi connectivity index (χ2v) is 8.20. The lowest BCUT2D eigenvalue weighted by atomic mass is 9.35. The topological polar surface area (TPSA) is 32.7 Å². The molecule has 0 radical (unpaired) electrons. The van der Waals surface area contributed by atoms with Crippen LogP contribution in [0.2, 0.25) is 0 Å². The summed E-state index contributed by atoms with van der Waals surface area (Å²) in [6.45, 7) is 3.04. The van der Waals surface area contributed by atoms with E-state index in [9.17, 15) is 18.0 Å². The summed E-state index contributed by atoms with van der Waals surface area (Å²) in [5.41, 5.74) is 0.948. The number of nitrogens with zero attached hydrogens (tertiary/aromatic N) is 2. The Kier molecular flexibility index (Phi) is 5.98. The number of hydrogen-bond acceptors (Lipinski definition) is 3. The zero-order valence-electron chi connectivity index (χ0n) is 18.4. The van der Waals surface area contributed by atoms with Crippen molar-refractivity contribution in [1.82, 2.24) is 4.81 Å². The summed E-state index contributed by atoms with van der Waals surface area (Å²) in [7, 11) is 0. The maximum absolute atomic E-state index is 14.3. The van der Waals surface area contributed by atoms with Crippen molar-refractivity contribution in [3.05, 3.63) is 108 Å². The lowest BCUT2D eigenvalue weighted by Crippen LogP contribution is -2.70. The highest BCUT2D eigenvalue weighted by Crippen LogP contribution is 2.35. The van der Waals surface area contributed by atoms with Gasteiger partial charge in [-0.2, -0.15) is 24.1 Å². The first-order valence-electron chi connectivity index (χ1n) is 10.7. The van der Waals surface area contributed by atoms with Crippen LogP contribution in [0.4, 0.5) is 13.2 Å². The maximum Gasteiger partial charge on any atom is 0.429 e. The fraction of sp³-hybridized carbons (Fsp3) is 0.154. The molecule has 0 saturated heterocycles. The summed E-state index contributed by atoms with van der Waals surface area (Å²) < 4.78 is 43.0. The molecule has 4 rings (SSSR count). The number of halogens is 3. The molecule has 168 valence electrons. The Labute approximate surface area is 191 Å². The molecule has 3 aromatic rings. The van der Waals surface area contributed by atoms with E-state index in [0.717, 1.165) is 12.5 Å². The van der Waals surface area contributed by atoms with E-state index in [1.165, 1.54) is 0 Å². The molecule has 3 aromatic carbocycles. The van der Waals surface area contributed by atoms with Crippen molar-refractivity contribution in [2.24, 2.45) is 4.90 Å². The van der Waals surface area contributed by atoms with Crippen LogP contribution in [0, 0.1) is 0 Å². The first-order chi connectivity index (χ1) is 15.7. The van der Waals surface area contributed by atoms with Gasteiger partial charge in [0.1, 0.15) is 5.71 Å². The molecule has 0 aliphatic carbocycles. The molecule has 0 unspecified atom stereocenters. The lowest BCUT2D eigenvalue weighted by Gasteiger charge is -2.55. The van der Waals surface area contributed by atoms with Gasteiger partial charge in [-0.05, 0) is 25.1 Å². The normalized spacial score (nSPS) is 15.9. The van der Waals surface area contributed by atoms with Gasteiger partial charge in [-0.25, -0.2) is 0 Å². The Morgan fingerprint density at radius 2 is 1.30 bits per heavy atom. The van der Waals surface area contributed by atoms with E-state index in [2.05, 4.69) is 4.90 Å². The molecule has 3 nitrogen and oxygen atoms in total. The van der Waals surface area contributed by atoms with Crippen molar-refractivity contribution in [2.45, 2.75) is 26.6 Å². The molecule has 33 heavy (non-hydrogen) atoms. The minimum Gasteiger partial charge on any atom is -0.518 e. The van der Waals surface area contributed by atoms with Crippen LogP contribution in [-0.2, 0) is 11.3 Å². The molecule has 0 atom stereocenters. The molecule has 1 aliphatic heterocycles. The summed E-state index contributed by atoms with van der Waals surface area (Å²) in [6, 6.07) is 27.5. The van der Waals surface area contributed by atoms with E-state index in [4.69, 9.17) is 0 Å². The predicted molar refractivity (Wildman–Crippen MR) is 127 cm³/mol. The molecule has 0 bridgehead atoms. The third-order valence-electron chi connectivity index (χ3n) is 6.14. The van der Waals surface area contributed by atoms with Gasteiger partial charge in [0.2, 0.25) is 0 Å². The smallest absolute Gasteiger partial charge is 0.429 e. The van der Waals surface area contributed by atoms with Crippen molar-refractivity contribution in [3.63, 3.8) is 0 Å². The van der Waals surface area contributed by atoms with Gasteiger partial charge in [0.25, 0.3) is 6.42 Å². The molecular formula is C26H23BF3N2O-. The van der Waals surface area contributed by atoms with Crippen molar-refractivity contribution in [2.75, 3.05) is 0 Å². The number of alkyl halides is 3. The van der Waals surface area contributed by atoms with Crippen molar-refractivity contribution in [1.29, 1.82) is 0 Å². The van der Waals surface area contributed by atoms with Crippen LogP contribution in [0.25, 0.3) is 0 Å². The molecule has 7 heteroatoms. The number of benzene rings is 3. The fourth-order valence-corrected chi connectivity index (χ4v) is 4.73. The third kappa shape index (κ3) is 4.11. The van der Waals surface area contributed by atoms with Crippen LogP contribution in [-0.4, -0.2) is 28.9 Å². The largest absolute Gasteiger partial charge is 0.518 e. The first-order valence-corrected chi connectivity index (χ1v) is 10.7. The Morgan fingerprint density at radius 3 is 1.73 bits per heavy atom. The number of ketones is 1. The van der Waals surface area contributed by atoms with Gasteiger partial charge in [-0.15, -0.1) is 0 Å². The quantitative estimate of drug-likeness (QED) is 0.535. The van der Waals surface area contributed by atoms with Crippen LogP contribution >= 0.6 is 0 Å². The van der Waals surface area contributed by atoms with E-state index >= 15 is 0 Å².